The van der Waals surface area contributed by atoms with Crippen molar-refractivity contribution in [2.75, 3.05) is 6.61 Å². The van der Waals surface area contributed by atoms with Gasteiger partial charge in [-0.1, -0.05) is 31.1 Å². The van der Waals surface area contributed by atoms with Crippen LogP contribution in [0.5, 0.6) is 0 Å². The summed E-state index contributed by atoms with van der Waals surface area (Å²) in [4.78, 5) is 0. The minimum Gasteiger partial charge on any atom is -0.353 e. The normalized spacial score (nSPS) is 48.2. The summed E-state index contributed by atoms with van der Waals surface area (Å²) in [5.41, 5.74) is 3.75. The van der Waals surface area contributed by atoms with E-state index >= 15 is 0 Å². The third-order valence-corrected chi connectivity index (χ3v) is 9.63. The molecule has 0 bridgehead atoms. The van der Waals surface area contributed by atoms with Crippen LogP contribution in [0.2, 0.25) is 0 Å². The first-order valence-electron chi connectivity index (χ1n) is 12.1. The standard InChI is InChI=1S/C26H37NO2/c1-25-14-11-23-21(22(25)9-7-18(25)12-15-27)8-6-19-17-20(10-13-26(19,23)2)29-24-5-3-4-16-28-24/h6,12,20-24H,3-5,7-11,13-14,16-17H2,1-2H3/b18-12-/t20-,21+,22+,23+,24-,25-,26+/m1/s1. The third kappa shape index (κ3) is 3.22. The van der Waals surface area contributed by atoms with Crippen molar-refractivity contribution in [1.29, 1.82) is 5.26 Å². The SMILES string of the molecule is C[C@]12CC[C@@H](O[C@@H]3CCCCO3)CC1=CC[C@@H]1[C@@H]2CC[C@]2(C)/C(=C\C#N)CC[C@@H]12. The number of fused-ring (bicyclic) bond motifs is 5. The second-order valence-corrected chi connectivity index (χ2v) is 10.8. The Morgan fingerprint density at radius 3 is 2.72 bits per heavy atom. The van der Waals surface area contributed by atoms with Gasteiger partial charge >= 0.3 is 0 Å². The van der Waals surface area contributed by atoms with E-state index in [-0.39, 0.29) is 11.7 Å². The molecule has 0 unspecified atom stereocenters. The highest BCUT2D eigenvalue weighted by atomic mass is 16.7. The summed E-state index contributed by atoms with van der Waals surface area (Å²) in [7, 11) is 0. The molecule has 0 aromatic rings. The fraction of sp³-hybridized carbons (Fsp3) is 0.808. The fourth-order valence-corrected chi connectivity index (χ4v) is 7.94. The van der Waals surface area contributed by atoms with E-state index < -0.39 is 0 Å². The second-order valence-electron chi connectivity index (χ2n) is 10.8. The molecule has 1 heterocycles. The summed E-state index contributed by atoms with van der Waals surface area (Å²) in [5.74, 6) is 2.38. The molecule has 4 fully saturated rings. The molecule has 0 amide bonds. The molecular formula is C26H37NO2. The van der Waals surface area contributed by atoms with E-state index in [1.807, 2.05) is 6.08 Å². The Balaban J connectivity index is 1.33. The monoisotopic (exact) mass is 395 g/mol. The molecule has 5 aliphatic rings. The van der Waals surface area contributed by atoms with Crippen molar-refractivity contribution >= 4 is 0 Å². The Labute approximate surface area is 176 Å². The van der Waals surface area contributed by atoms with Gasteiger partial charge in [-0.05, 0) is 99.2 Å². The fourth-order valence-electron chi connectivity index (χ4n) is 7.94. The maximum absolute atomic E-state index is 9.24. The number of ether oxygens (including phenoxy) is 2. The number of allylic oxidation sites excluding steroid dienone is 3. The van der Waals surface area contributed by atoms with E-state index in [4.69, 9.17) is 9.47 Å². The van der Waals surface area contributed by atoms with E-state index in [0.717, 1.165) is 43.6 Å². The Morgan fingerprint density at radius 2 is 1.93 bits per heavy atom. The molecular weight excluding hydrogens is 358 g/mol. The highest BCUT2D eigenvalue weighted by Crippen LogP contribution is 2.66. The molecule has 0 radical (unpaired) electrons. The summed E-state index contributed by atoms with van der Waals surface area (Å²) in [6.45, 7) is 5.89. The molecule has 1 saturated heterocycles. The van der Waals surface area contributed by atoms with Crippen LogP contribution in [0.1, 0.15) is 84.5 Å². The highest BCUT2D eigenvalue weighted by Gasteiger charge is 2.57. The molecule has 3 nitrogen and oxygen atoms in total. The lowest BCUT2D eigenvalue weighted by Crippen LogP contribution is -2.50. The summed E-state index contributed by atoms with van der Waals surface area (Å²) in [6.07, 6.45) is 18.2. The predicted molar refractivity (Wildman–Crippen MR) is 114 cm³/mol. The topological polar surface area (TPSA) is 42.2 Å². The largest absolute Gasteiger partial charge is 0.353 e. The van der Waals surface area contributed by atoms with Crippen molar-refractivity contribution < 1.29 is 9.47 Å². The lowest BCUT2D eigenvalue weighted by Gasteiger charge is -2.57. The second kappa shape index (κ2) is 7.54. The summed E-state index contributed by atoms with van der Waals surface area (Å²) in [5, 5.41) is 9.24. The van der Waals surface area contributed by atoms with Crippen LogP contribution in [-0.2, 0) is 9.47 Å². The van der Waals surface area contributed by atoms with Crippen LogP contribution in [0.25, 0.3) is 0 Å². The van der Waals surface area contributed by atoms with Crippen LogP contribution in [0, 0.1) is 39.9 Å². The van der Waals surface area contributed by atoms with Gasteiger partial charge in [-0.2, -0.15) is 5.26 Å². The minimum atomic E-state index is 0.0364. The lowest BCUT2D eigenvalue weighted by atomic mass is 9.48. The number of rotatable bonds is 2. The zero-order valence-electron chi connectivity index (χ0n) is 18.3. The molecule has 3 saturated carbocycles. The maximum atomic E-state index is 9.24. The van der Waals surface area contributed by atoms with Crippen LogP contribution in [0.3, 0.4) is 0 Å². The summed E-state index contributed by atoms with van der Waals surface area (Å²) < 4.78 is 12.2. The van der Waals surface area contributed by atoms with Crippen molar-refractivity contribution in [3.8, 4) is 6.07 Å². The van der Waals surface area contributed by atoms with E-state index in [9.17, 15) is 5.26 Å². The van der Waals surface area contributed by atoms with E-state index in [1.54, 1.807) is 5.57 Å². The summed E-state index contributed by atoms with van der Waals surface area (Å²) in [6, 6.07) is 2.33. The first kappa shape index (κ1) is 19.8. The smallest absolute Gasteiger partial charge is 0.157 e. The molecule has 0 spiro atoms. The van der Waals surface area contributed by atoms with Gasteiger partial charge in [0.1, 0.15) is 0 Å². The van der Waals surface area contributed by atoms with E-state index in [2.05, 4.69) is 26.0 Å². The molecule has 4 aliphatic carbocycles. The zero-order chi connectivity index (χ0) is 20.1. The Kier molecular flexibility index (Phi) is 5.16. The number of nitrogens with zero attached hydrogens (tertiary/aromatic N) is 1. The molecule has 7 atom stereocenters. The average molecular weight is 396 g/mol. The Morgan fingerprint density at radius 1 is 1.10 bits per heavy atom. The van der Waals surface area contributed by atoms with Crippen molar-refractivity contribution in [2.24, 2.45) is 28.6 Å². The van der Waals surface area contributed by atoms with Gasteiger partial charge in [-0.25, -0.2) is 0 Å². The van der Waals surface area contributed by atoms with Crippen molar-refractivity contribution in [1.82, 2.24) is 0 Å². The molecule has 158 valence electrons. The van der Waals surface area contributed by atoms with Crippen molar-refractivity contribution in [3.05, 3.63) is 23.3 Å². The number of hydrogen-bond donors (Lipinski definition) is 0. The molecule has 0 aromatic carbocycles. The van der Waals surface area contributed by atoms with Crippen LogP contribution < -0.4 is 0 Å². The van der Waals surface area contributed by atoms with Crippen LogP contribution in [0.15, 0.2) is 23.3 Å². The van der Waals surface area contributed by atoms with Gasteiger partial charge in [-0.3, -0.25) is 0 Å². The Bertz CT molecular complexity index is 742. The average Bonchev–Trinajstić information content (AvgIpc) is 3.06. The minimum absolute atomic E-state index is 0.0364. The molecule has 1 aliphatic heterocycles. The van der Waals surface area contributed by atoms with Gasteiger partial charge in [0.15, 0.2) is 6.29 Å². The quantitative estimate of drug-likeness (QED) is 0.406. The van der Waals surface area contributed by atoms with Crippen LogP contribution >= 0.6 is 0 Å². The highest BCUT2D eigenvalue weighted by molar-refractivity contribution is 5.31. The molecule has 0 aromatic heterocycles. The van der Waals surface area contributed by atoms with Crippen LogP contribution in [-0.4, -0.2) is 19.0 Å². The molecule has 5 rings (SSSR count). The van der Waals surface area contributed by atoms with E-state index in [0.29, 0.717) is 11.5 Å². The van der Waals surface area contributed by atoms with Gasteiger partial charge in [0, 0.05) is 12.7 Å². The van der Waals surface area contributed by atoms with Gasteiger partial charge in [0.05, 0.1) is 12.2 Å². The maximum Gasteiger partial charge on any atom is 0.157 e. The van der Waals surface area contributed by atoms with E-state index in [1.165, 1.54) is 56.9 Å². The third-order valence-electron chi connectivity index (χ3n) is 9.63. The predicted octanol–water partition coefficient (Wildman–Crippen LogP) is 6.31. The first-order chi connectivity index (χ1) is 14.0. The van der Waals surface area contributed by atoms with Crippen molar-refractivity contribution in [3.63, 3.8) is 0 Å². The Hall–Kier alpha value is -1.11. The van der Waals surface area contributed by atoms with Crippen molar-refractivity contribution in [2.45, 2.75) is 96.9 Å². The molecule has 3 heteroatoms. The van der Waals surface area contributed by atoms with Gasteiger partial charge < -0.3 is 9.47 Å². The van der Waals surface area contributed by atoms with Gasteiger partial charge in [0.2, 0.25) is 0 Å². The number of hydrogen-bond acceptors (Lipinski definition) is 3. The first-order valence-corrected chi connectivity index (χ1v) is 12.1. The lowest BCUT2D eigenvalue weighted by molar-refractivity contribution is -0.195. The zero-order valence-corrected chi connectivity index (χ0v) is 18.3. The van der Waals surface area contributed by atoms with Gasteiger partial charge in [-0.15, -0.1) is 0 Å². The summed E-state index contributed by atoms with van der Waals surface area (Å²) >= 11 is 0. The molecule has 29 heavy (non-hydrogen) atoms. The number of nitriles is 1. The van der Waals surface area contributed by atoms with Crippen LogP contribution in [0.4, 0.5) is 0 Å². The van der Waals surface area contributed by atoms with Gasteiger partial charge in [0.25, 0.3) is 0 Å². The molecule has 0 N–H and O–H groups in total.